The van der Waals surface area contributed by atoms with Crippen molar-refractivity contribution in [2.45, 2.75) is 18.2 Å². The number of ether oxygens (including phenoxy) is 1. The third kappa shape index (κ3) is 3.58. The van der Waals surface area contributed by atoms with Crippen LogP contribution in [0.5, 0.6) is 11.5 Å². The lowest BCUT2D eigenvalue weighted by atomic mass is 10.2. The molecular weight excluding hydrogens is 260 g/mol. The average Bonchev–Trinajstić information content (AvgIpc) is 2.48. The van der Waals surface area contributed by atoms with Gasteiger partial charge in [0.25, 0.3) is 0 Å². The lowest BCUT2D eigenvalue weighted by Crippen LogP contribution is -2.01. The van der Waals surface area contributed by atoms with Gasteiger partial charge in [-0.3, -0.25) is 0 Å². The van der Waals surface area contributed by atoms with Crippen LogP contribution in [0.2, 0.25) is 0 Å². The molecule has 0 aliphatic rings. The Morgan fingerprint density at radius 1 is 0.947 bits per heavy atom. The zero-order valence-electron chi connectivity index (χ0n) is 11.0. The minimum Gasteiger partial charge on any atom is -0.497 e. The van der Waals surface area contributed by atoms with Crippen molar-refractivity contribution < 1.29 is 13.1 Å². The summed E-state index contributed by atoms with van der Waals surface area (Å²) in [6.07, 6.45) is 0.965. The minimum absolute atomic E-state index is 0.554. The Bertz CT molecular complexity index is 547. The van der Waals surface area contributed by atoms with Crippen molar-refractivity contribution in [3.63, 3.8) is 0 Å². The van der Waals surface area contributed by atoms with Gasteiger partial charge in [-0.25, -0.2) is 4.21 Å². The van der Waals surface area contributed by atoms with Gasteiger partial charge in [-0.15, -0.1) is 0 Å². The highest BCUT2D eigenvalue weighted by Crippen LogP contribution is 2.20. The van der Waals surface area contributed by atoms with Gasteiger partial charge < -0.3 is 8.92 Å². The summed E-state index contributed by atoms with van der Waals surface area (Å²) in [5, 5.41) is 0. The summed E-state index contributed by atoms with van der Waals surface area (Å²) in [4.78, 5) is 0.660. The second-order valence-corrected chi connectivity index (χ2v) is 5.10. The smallest absolute Gasteiger partial charge is 0.240 e. The summed E-state index contributed by atoms with van der Waals surface area (Å²) in [5.74, 6) is 1.30. The Morgan fingerprint density at radius 2 is 1.53 bits per heavy atom. The van der Waals surface area contributed by atoms with Crippen LogP contribution >= 0.6 is 0 Å². The van der Waals surface area contributed by atoms with Gasteiger partial charge in [-0.2, -0.15) is 0 Å². The molecule has 0 aliphatic heterocycles. The van der Waals surface area contributed by atoms with Gasteiger partial charge in [0, 0.05) is 0 Å². The van der Waals surface area contributed by atoms with Gasteiger partial charge >= 0.3 is 0 Å². The van der Waals surface area contributed by atoms with Crippen LogP contribution in [0, 0.1) is 0 Å². The molecule has 0 heterocycles. The van der Waals surface area contributed by atoms with Crippen LogP contribution in [0.4, 0.5) is 0 Å². The van der Waals surface area contributed by atoms with Crippen LogP contribution < -0.4 is 8.92 Å². The molecule has 2 aromatic carbocycles. The molecule has 0 fully saturated rings. The number of hydrogen-bond donors (Lipinski definition) is 0. The Hall–Kier alpha value is -1.81. The molecule has 3 nitrogen and oxygen atoms in total. The van der Waals surface area contributed by atoms with Gasteiger partial charge in [0.1, 0.15) is 11.5 Å². The Labute approximate surface area is 115 Å². The first-order valence-corrected chi connectivity index (χ1v) is 7.13. The Morgan fingerprint density at radius 3 is 2.05 bits per heavy atom. The maximum absolute atomic E-state index is 12.0. The predicted molar refractivity (Wildman–Crippen MR) is 75.9 cm³/mol. The number of aryl methyl sites for hydroxylation is 1. The van der Waals surface area contributed by atoms with E-state index in [4.69, 9.17) is 8.92 Å². The molecule has 0 N–H and O–H groups in total. The van der Waals surface area contributed by atoms with Crippen LogP contribution in [0.3, 0.4) is 0 Å². The number of methoxy groups -OCH3 is 1. The van der Waals surface area contributed by atoms with Gasteiger partial charge in [-0.05, 0) is 48.4 Å². The Balaban J connectivity index is 2.06. The molecule has 0 bridgehead atoms. The second kappa shape index (κ2) is 6.38. The maximum Gasteiger partial charge on any atom is 0.240 e. The summed E-state index contributed by atoms with van der Waals surface area (Å²) in [6.45, 7) is 2.08. The van der Waals surface area contributed by atoms with E-state index < -0.39 is 11.1 Å². The molecule has 0 saturated carbocycles. The van der Waals surface area contributed by atoms with E-state index in [1.54, 1.807) is 31.4 Å². The fraction of sp³-hybridized carbons (Fsp3) is 0.200. The highest BCUT2D eigenvalue weighted by Gasteiger charge is 2.06. The standard InChI is InChI=1S/C15H16O3S/c1-3-12-4-10-15(11-5-12)19(16)18-14-8-6-13(17-2)7-9-14/h4-11H,3H2,1-2H3. The fourth-order valence-electron chi connectivity index (χ4n) is 1.60. The molecule has 0 aromatic heterocycles. The molecule has 100 valence electrons. The van der Waals surface area contributed by atoms with Crippen LogP contribution in [0.15, 0.2) is 53.4 Å². The second-order valence-electron chi connectivity index (χ2n) is 3.99. The van der Waals surface area contributed by atoms with E-state index in [1.165, 1.54) is 5.56 Å². The molecule has 0 saturated heterocycles. The van der Waals surface area contributed by atoms with Crippen LogP contribution in [-0.2, 0) is 17.5 Å². The minimum atomic E-state index is -1.49. The van der Waals surface area contributed by atoms with Gasteiger partial charge in [0.05, 0.1) is 12.0 Å². The third-order valence-corrected chi connectivity index (χ3v) is 3.76. The van der Waals surface area contributed by atoms with Crippen LogP contribution in [0.25, 0.3) is 0 Å². The highest BCUT2D eigenvalue weighted by atomic mass is 32.2. The molecule has 0 amide bonds. The molecule has 4 heteroatoms. The molecule has 0 radical (unpaired) electrons. The molecule has 2 rings (SSSR count). The predicted octanol–water partition coefficient (Wildman–Crippen LogP) is 3.36. The van der Waals surface area contributed by atoms with Crippen molar-refractivity contribution in [2.24, 2.45) is 0 Å². The van der Waals surface area contributed by atoms with Crippen LogP contribution in [0.1, 0.15) is 12.5 Å². The van der Waals surface area contributed by atoms with Crippen molar-refractivity contribution in [2.75, 3.05) is 7.11 Å². The zero-order chi connectivity index (χ0) is 13.7. The summed E-state index contributed by atoms with van der Waals surface area (Å²) < 4.78 is 22.5. The molecule has 19 heavy (non-hydrogen) atoms. The number of hydrogen-bond acceptors (Lipinski definition) is 3. The van der Waals surface area contributed by atoms with Gasteiger partial charge in [0.15, 0.2) is 0 Å². The third-order valence-electron chi connectivity index (χ3n) is 2.76. The van der Waals surface area contributed by atoms with E-state index in [0.29, 0.717) is 10.6 Å². The van der Waals surface area contributed by atoms with Crippen molar-refractivity contribution in [3.05, 3.63) is 54.1 Å². The van der Waals surface area contributed by atoms with Gasteiger partial charge in [-0.1, -0.05) is 19.1 Å². The van der Waals surface area contributed by atoms with E-state index in [2.05, 4.69) is 6.92 Å². The van der Waals surface area contributed by atoms with Crippen molar-refractivity contribution >= 4 is 11.1 Å². The fourth-order valence-corrected chi connectivity index (χ4v) is 2.34. The monoisotopic (exact) mass is 276 g/mol. The number of rotatable bonds is 5. The van der Waals surface area contributed by atoms with E-state index in [9.17, 15) is 4.21 Å². The molecule has 0 aliphatic carbocycles. The summed E-state index contributed by atoms with van der Waals surface area (Å²) >= 11 is -1.49. The van der Waals surface area contributed by atoms with Gasteiger partial charge in [0.2, 0.25) is 11.1 Å². The first-order valence-electron chi connectivity index (χ1n) is 6.06. The lowest BCUT2D eigenvalue weighted by molar-refractivity contribution is 0.414. The van der Waals surface area contributed by atoms with Crippen molar-refractivity contribution in [3.8, 4) is 11.5 Å². The van der Waals surface area contributed by atoms with E-state index in [1.807, 2.05) is 24.3 Å². The van der Waals surface area contributed by atoms with Crippen molar-refractivity contribution in [1.82, 2.24) is 0 Å². The topological polar surface area (TPSA) is 35.5 Å². The SMILES string of the molecule is CCc1ccc(S(=O)Oc2ccc(OC)cc2)cc1. The first kappa shape index (κ1) is 13.6. The van der Waals surface area contributed by atoms with E-state index in [0.717, 1.165) is 12.2 Å². The largest absolute Gasteiger partial charge is 0.497 e. The number of benzene rings is 2. The molecule has 2 aromatic rings. The summed E-state index contributed by atoms with van der Waals surface area (Å²) in [7, 11) is 1.60. The van der Waals surface area contributed by atoms with E-state index >= 15 is 0 Å². The highest BCUT2D eigenvalue weighted by molar-refractivity contribution is 7.80. The molecule has 0 spiro atoms. The average molecular weight is 276 g/mol. The molecular formula is C15H16O3S. The summed E-state index contributed by atoms with van der Waals surface area (Å²) in [5.41, 5.74) is 1.21. The lowest BCUT2D eigenvalue weighted by Gasteiger charge is -2.06. The first-order chi connectivity index (χ1) is 9.22. The Kier molecular flexibility index (Phi) is 4.58. The van der Waals surface area contributed by atoms with E-state index in [-0.39, 0.29) is 0 Å². The maximum atomic E-state index is 12.0. The normalized spacial score (nSPS) is 11.9. The molecule has 1 atom stereocenters. The molecule has 1 unspecified atom stereocenters. The zero-order valence-corrected chi connectivity index (χ0v) is 11.8. The van der Waals surface area contributed by atoms with Crippen LogP contribution in [-0.4, -0.2) is 11.3 Å². The van der Waals surface area contributed by atoms with Crippen molar-refractivity contribution in [1.29, 1.82) is 0 Å². The quantitative estimate of drug-likeness (QED) is 0.840. The summed E-state index contributed by atoms with van der Waals surface area (Å²) in [6, 6.07) is 14.6.